The first-order valence-corrected chi connectivity index (χ1v) is 7.73. The van der Waals surface area contributed by atoms with E-state index in [1.165, 1.54) is 11.3 Å². The van der Waals surface area contributed by atoms with Crippen LogP contribution in [0.15, 0.2) is 0 Å². The number of nitrogens with zero attached hydrogens (tertiary/aromatic N) is 2. The molecule has 1 aliphatic rings. The molecule has 2 rings (SSSR count). The maximum absolute atomic E-state index is 6.22. The number of nitrogens with one attached hydrogen (secondary N) is 1. The van der Waals surface area contributed by atoms with Gasteiger partial charge in [0.2, 0.25) is 0 Å². The second-order valence-corrected chi connectivity index (χ2v) is 7.53. The van der Waals surface area contributed by atoms with Gasteiger partial charge in [-0.25, -0.2) is 0 Å². The number of aromatic nitrogens is 2. The third-order valence-electron chi connectivity index (χ3n) is 4.93. The Bertz CT molecular complexity index is 519. The normalized spacial score (nSPS) is 25.2. The van der Waals surface area contributed by atoms with Crippen molar-refractivity contribution in [2.75, 3.05) is 0 Å². The summed E-state index contributed by atoms with van der Waals surface area (Å²) in [5, 5.41) is 4.51. The van der Waals surface area contributed by atoms with Gasteiger partial charge in [0.15, 0.2) is 0 Å². The predicted octanol–water partition coefficient (Wildman–Crippen LogP) is 2.01. The summed E-state index contributed by atoms with van der Waals surface area (Å²) in [5.74, 6) is 6.26. The monoisotopic (exact) mass is 294 g/mol. The Labute approximate surface area is 128 Å². The molecule has 0 radical (unpaired) electrons. The molecular formula is C16H30N4O. The third-order valence-corrected chi connectivity index (χ3v) is 4.93. The van der Waals surface area contributed by atoms with E-state index in [0.717, 1.165) is 18.5 Å². The molecule has 0 aromatic carbocycles. The average molecular weight is 294 g/mol. The second kappa shape index (κ2) is 5.38. The van der Waals surface area contributed by atoms with Crippen molar-refractivity contribution in [2.45, 2.75) is 71.6 Å². The Morgan fingerprint density at radius 1 is 1.38 bits per heavy atom. The molecule has 2 heterocycles. The van der Waals surface area contributed by atoms with Crippen LogP contribution in [0.4, 0.5) is 0 Å². The van der Waals surface area contributed by atoms with Crippen molar-refractivity contribution >= 4 is 0 Å². The average Bonchev–Trinajstić information content (AvgIpc) is 2.70. The second-order valence-electron chi connectivity index (χ2n) is 7.53. The minimum absolute atomic E-state index is 0.0949. The summed E-state index contributed by atoms with van der Waals surface area (Å²) >= 11 is 0. The highest BCUT2D eigenvalue weighted by Gasteiger charge is 2.48. The maximum Gasteiger partial charge on any atom is 0.0678 e. The summed E-state index contributed by atoms with van der Waals surface area (Å²) < 4.78 is 8.16. The molecule has 5 heteroatoms. The van der Waals surface area contributed by atoms with Gasteiger partial charge in [-0.1, -0.05) is 0 Å². The van der Waals surface area contributed by atoms with Crippen molar-refractivity contribution in [1.29, 1.82) is 0 Å². The highest BCUT2D eigenvalue weighted by Crippen LogP contribution is 2.44. The molecular weight excluding hydrogens is 264 g/mol. The van der Waals surface area contributed by atoms with Gasteiger partial charge in [-0.2, -0.15) is 5.10 Å². The number of hydrogen-bond acceptors (Lipinski definition) is 4. The van der Waals surface area contributed by atoms with Crippen LogP contribution in [0.2, 0.25) is 0 Å². The lowest BCUT2D eigenvalue weighted by atomic mass is 9.79. The van der Waals surface area contributed by atoms with Crippen LogP contribution in [0.5, 0.6) is 0 Å². The van der Waals surface area contributed by atoms with Crippen LogP contribution in [0.3, 0.4) is 0 Å². The van der Waals surface area contributed by atoms with E-state index in [4.69, 9.17) is 10.6 Å². The Kier molecular flexibility index (Phi) is 4.21. The van der Waals surface area contributed by atoms with Crippen molar-refractivity contribution in [2.24, 2.45) is 18.8 Å². The highest BCUT2D eigenvalue weighted by atomic mass is 16.5. The van der Waals surface area contributed by atoms with E-state index in [9.17, 15) is 0 Å². The molecule has 1 fully saturated rings. The number of ether oxygens (including phenoxy) is 1. The van der Waals surface area contributed by atoms with Crippen LogP contribution in [0.25, 0.3) is 0 Å². The number of hydrogen-bond donors (Lipinski definition) is 2. The highest BCUT2D eigenvalue weighted by molar-refractivity contribution is 5.26. The van der Waals surface area contributed by atoms with E-state index in [1.54, 1.807) is 0 Å². The van der Waals surface area contributed by atoms with Gasteiger partial charge in [-0.3, -0.25) is 16.0 Å². The van der Waals surface area contributed by atoms with Gasteiger partial charge >= 0.3 is 0 Å². The van der Waals surface area contributed by atoms with Crippen LogP contribution in [0, 0.1) is 19.8 Å². The minimum Gasteiger partial charge on any atom is -0.369 e. The van der Waals surface area contributed by atoms with Crippen LogP contribution in [-0.4, -0.2) is 27.0 Å². The summed E-state index contributed by atoms with van der Waals surface area (Å²) in [5.41, 5.74) is 6.36. The fourth-order valence-electron chi connectivity index (χ4n) is 3.88. The summed E-state index contributed by atoms with van der Waals surface area (Å²) in [7, 11) is 1.99. The number of rotatable bonds is 4. The molecule has 5 nitrogen and oxygen atoms in total. The molecule has 21 heavy (non-hydrogen) atoms. The molecule has 0 saturated carbocycles. The molecule has 120 valence electrons. The molecule has 3 N–H and O–H groups in total. The van der Waals surface area contributed by atoms with Gasteiger partial charge in [0.1, 0.15) is 0 Å². The van der Waals surface area contributed by atoms with Gasteiger partial charge in [0.05, 0.1) is 16.9 Å². The SMILES string of the molecule is Cc1nn(C)c(C)c1CC(NN)C1CC(C)(C)OC1(C)C. The molecule has 0 aliphatic carbocycles. The van der Waals surface area contributed by atoms with E-state index >= 15 is 0 Å². The lowest BCUT2D eigenvalue weighted by Crippen LogP contribution is -2.48. The van der Waals surface area contributed by atoms with Gasteiger partial charge in [0, 0.05) is 24.7 Å². The van der Waals surface area contributed by atoms with Gasteiger partial charge in [-0.05, 0) is 59.9 Å². The lowest BCUT2D eigenvalue weighted by Gasteiger charge is -2.32. The zero-order valence-corrected chi connectivity index (χ0v) is 14.4. The summed E-state index contributed by atoms with van der Waals surface area (Å²) in [6, 6.07) is 0.184. The molecule has 1 aliphatic heterocycles. The van der Waals surface area contributed by atoms with Crippen molar-refractivity contribution in [3.8, 4) is 0 Å². The Morgan fingerprint density at radius 2 is 2.00 bits per heavy atom. The Balaban J connectivity index is 2.25. The maximum atomic E-state index is 6.22. The van der Waals surface area contributed by atoms with Crippen molar-refractivity contribution in [3.05, 3.63) is 17.0 Å². The van der Waals surface area contributed by atoms with Crippen LogP contribution >= 0.6 is 0 Å². The quantitative estimate of drug-likeness (QED) is 0.658. The smallest absolute Gasteiger partial charge is 0.0678 e. The van der Waals surface area contributed by atoms with Crippen LogP contribution in [0.1, 0.15) is 51.1 Å². The Morgan fingerprint density at radius 3 is 2.38 bits per heavy atom. The fourth-order valence-corrected chi connectivity index (χ4v) is 3.88. The zero-order valence-electron chi connectivity index (χ0n) is 14.4. The summed E-state index contributed by atoms with van der Waals surface area (Å²) in [6.45, 7) is 12.8. The number of hydrazine groups is 1. The first-order chi connectivity index (χ1) is 9.57. The number of nitrogens with two attached hydrogens (primary N) is 1. The van der Waals surface area contributed by atoms with E-state index in [0.29, 0.717) is 5.92 Å². The molecule has 2 unspecified atom stereocenters. The van der Waals surface area contributed by atoms with Gasteiger partial charge < -0.3 is 4.74 Å². The molecule has 2 atom stereocenters. The lowest BCUT2D eigenvalue weighted by molar-refractivity contribution is -0.0776. The van der Waals surface area contributed by atoms with Crippen molar-refractivity contribution < 1.29 is 4.74 Å². The fraction of sp³-hybridized carbons (Fsp3) is 0.812. The van der Waals surface area contributed by atoms with E-state index < -0.39 is 0 Å². The molecule has 0 bridgehead atoms. The Hall–Kier alpha value is -0.910. The predicted molar refractivity (Wildman–Crippen MR) is 84.8 cm³/mol. The largest absolute Gasteiger partial charge is 0.369 e. The molecule has 0 spiro atoms. The zero-order chi connectivity index (χ0) is 16.0. The van der Waals surface area contributed by atoms with Crippen molar-refractivity contribution in [1.82, 2.24) is 15.2 Å². The van der Waals surface area contributed by atoms with Gasteiger partial charge in [-0.15, -0.1) is 0 Å². The summed E-state index contributed by atoms with van der Waals surface area (Å²) in [6.07, 6.45) is 1.89. The first kappa shape index (κ1) is 16.5. The number of aryl methyl sites for hydroxylation is 2. The summed E-state index contributed by atoms with van der Waals surface area (Å²) in [4.78, 5) is 0. The van der Waals surface area contributed by atoms with Gasteiger partial charge in [0.25, 0.3) is 0 Å². The third kappa shape index (κ3) is 3.15. The van der Waals surface area contributed by atoms with E-state index in [1.807, 2.05) is 11.7 Å². The molecule has 0 amide bonds. The molecule has 1 aromatic rings. The molecule has 1 saturated heterocycles. The van der Waals surface area contributed by atoms with Crippen molar-refractivity contribution in [3.63, 3.8) is 0 Å². The van der Waals surface area contributed by atoms with E-state index in [-0.39, 0.29) is 17.2 Å². The van der Waals surface area contributed by atoms with Crippen LogP contribution in [-0.2, 0) is 18.2 Å². The molecule has 1 aromatic heterocycles. The minimum atomic E-state index is -0.176. The topological polar surface area (TPSA) is 65.1 Å². The van der Waals surface area contributed by atoms with E-state index in [2.05, 4.69) is 52.1 Å². The van der Waals surface area contributed by atoms with Crippen LogP contribution < -0.4 is 11.3 Å². The first-order valence-electron chi connectivity index (χ1n) is 7.73. The standard InChI is InChI=1S/C16H30N4O/c1-10-12(11(2)20(7)19-10)8-14(18-17)13-9-15(3,4)21-16(13,5)6/h13-14,18H,8-9,17H2,1-7H3.